The van der Waals surface area contributed by atoms with Crippen molar-refractivity contribution in [3.05, 3.63) is 71.8 Å². The fourth-order valence-electron chi connectivity index (χ4n) is 3.96. The summed E-state index contributed by atoms with van der Waals surface area (Å²) in [6.45, 7) is 2.69. The van der Waals surface area contributed by atoms with E-state index in [0.717, 1.165) is 11.1 Å². The van der Waals surface area contributed by atoms with Crippen molar-refractivity contribution in [2.24, 2.45) is 0 Å². The van der Waals surface area contributed by atoms with Crippen LogP contribution < -0.4 is 21.3 Å². The Morgan fingerprint density at radius 3 is 1.22 bits per heavy atom. The van der Waals surface area contributed by atoms with Gasteiger partial charge in [-0.2, -0.15) is 0 Å². The maximum absolute atomic E-state index is 13.2. The Hall–Kier alpha value is -3.76. The van der Waals surface area contributed by atoms with Gasteiger partial charge in [0.1, 0.15) is 24.2 Å². The van der Waals surface area contributed by atoms with Crippen molar-refractivity contribution in [1.82, 2.24) is 21.3 Å². The third-order valence-electron chi connectivity index (χ3n) is 5.96. The van der Waals surface area contributed by atoms with E-state index in [9.17, 15) is 29.4 Å². The van der Waals surface area contributed by atoms with Gasteiger partial charge in [0.05, 0.1) is 12.2 Å². The van der Waals surface area contributed by atoms with Gasteiger partial charge in [-0.05, 0) is 25.0 Å². The van der Waals surface area contributed by atoms with Gasteiger partial charge in [-0.1, -0.05) is 60.7 Å². The van der Waals surface area contributed by atoms with Crippen LogP contribution in [0.25, 0.3) is 0 Å². The van der Waals surface area contributed by atoms with Gasteiger partial charge in [0, 0.05) is 12.8 Å². The average Bonchev–Trinajstić information content (AvgIpc) is 2.84. The van der Waals surface area contributed by atoms with Crippen LogP contribution in [0, 0.1) is 0 Å². The fourth-order valence-corrected chi connectivity index (χ4v) is 3.96. The van der Waals surface area contributed by atoms with Crippen molar-refractivity contribution in [3.63, 3.8) is 0 Å². The zero-order valence-corrected chi connectivity index (χ0v) is 20.2. The molecule has 0 unspecified atom stereocenters. The second-order valence-electron chi connectivity index (χ2n) is 8.96. The lowest BCUT2D eigenvalue weighted by Crippen LogP contribution is -2.65. The first kappa shape index (κ1) is 26.8. The molecular formula is C26H32N4O6. The Bertz CT molecular complexity index is 975. The molecule has 0 aliphatic carbocycles. The highest BCUT2D eigenvalue weighted by Gasteiger charge is 2.37. The third kappa shape index (κ3) is 7.12. The van der Waals surface area contributed by atoms with Crippen LogP contribution in [-0.2, 0) is 32.0 Å². The predicted octanol–water partition coefficient (Wildman–Crippen LogP) is -0.814. The van der Waals surface area contributed by atoms with Gasteiger partial charge < -0.3 is 31.5 Å². The summed E-state index contributed by atoms with van der Waals surface area (Å²) in [6.07, 6.45) is -2.39. The van der Waals surface area contributed by atoms with Gasteiger partial charge in [0.15, 0.2) is 0 Å². The number of hydrogen-bond donors (Lipinski definition) is 6. The summed E-state index contributed by atoms with van der Waals surface area (Å²) in [5, 5.41) is 30.7. The van der Waals surface area contributed by atoms with E-state index in [2.05, 4.69) is 21.3 Å². The van der Waals surface area contributed by atoms with Gasteiger partial charge in [-0.3, -0.25) is 19.2 Å². The van der Waals surface area contributed by atoms with Crippen molar-refractivity contribution in [2.75, 3.05) is 0 Å². The molecule has 0 aromatic heterocycles. The van der Waals surface area contributed by atoms with Crippen molar-refractivity contribution in [1.29, 1.82) is 0 Å². The number of amides is 4. The normalized spacial score (nSPS) is 25.2. The highest BCUT2D eigenvalue weighted by atomic mass is 16.3. The molecule has 0 spiro atoms. The maximum atomic E-state index is 13.2. The third-order valence-corrected chi connectivity index (χ3v) is 5.96. The quantitative estimate of drug-likeness (QED) is 0.307. The van der Waals surface area contributed by atoms with Gasteiger partial charge >= 0.3 is 0 Å². The summed E-state index contributed by atoms with van der Waals surface area (Å²) in [5.41, 5.74) is 1.48. The molecule has 4 amide bonds. The molecule has 1 fully saturated rings. The molecule has 2 aromatic carbocycles. The summed E-state index contributed by atoms with van der Waals surface area (Å²) in [5.74, 6) is -2.89. The van der Waals surface area contributed by atoms with Crippen LogP contribution in [0.4, 0.5) is 0 Å². The van der Waals surface area contributed by atoms with Crippen LogP contribution >= 0.6 is 0 Å². The Kier molecular flexibility index (Phi) is 9.15. The number of benzene rings is 2. The standard InChI is InChI=1S/C26H32N4O6/c1-15(31)21-25(35)27-20(14-18-11-7-4-8-12-18)24(34)30-22(16(2)32)26(36)28-19(23(33)29-21)13-17-9-5-3-6-10-17/h3-12,15-16,19-22,31-32H,13-14H2,1-2H3,(H,27,35)(H,28,36)(H,29,33)(H,30,34)/t15-,16-,19+,20+,21+,22+/m1/s1. The van der Waals surface area contributed by atoms with Gasteiger partial charge in [-0.15, -0.1) is 0 Å². The van der Waals surface area contributed by atoms with Crippen molar-refractivity contribution < 1.29 is 29.4 Å². The van der Waals surface area contributed by atoms with Crippen molar-refractivity contribution >= 4 is 23.6 Å². The van der Waals surface area contributed by atoms with Gasteiger partial charge in [-0.25, -0.2) is 0 Å². The monoisotopic (exact) mass is 496 g/mol. The fraction of sp³-hybridized carbons (Fsp3) is 0.385. The molecular weight excluding hydrogens is 464 g/mol. The molecule has 6 atom stereocenters. The molecule has 3 rings (SSSR count). The number of hydrogen-bond acceptors (Lipinski definition) is 6. The molecule has 36 heavy (non-hydrogen) atoms. The van der Waals surface area contributed by atoms with Crippen LogP contribution in [0.5, 0.6) is 0 Å². The van der Waals surface area contributed by atoms with Crippen LogP contribution in [0.2, 0.25) is 0 Å². The first-order valence-corrected chi connectivity index (χ1v) is 11.8. The smallest absolute Gasteiger partial charge is 0.245 e. The molecule has 192 valence electrons. The number of carbonyl (C=O) groups is 4. The molecule has 1 aliphatic heterocycles. The lowest BCUT2D eigenvalue weighted by Gasteiger charge is -2.31. The zero-order valence-electron chi connectivity index (χ0n) is 20.2. The van der Waals surface area contributed by atoms with E-state index in [0.29, 0.717) is 0 Å². The SMILES string of the molecule is C[C@@H](O)[C@@H]1NC(=O)[C@H](Cc2ccccc2)NC(=O)[C@H]([C@@H](C)O)NC(=O)[C@H](Cc2ccccc2)NC1=O. The lowest BCUT2D eigenvalue weighted by molar-refractivity contribution is -0.139. The van der Waals surface area contributed by atoms with E-state index in [4.69, 9.17) is 0 Å². The Morgan fingerprint density at radius 2 is 0.917 bits per heavy atom. The molecule has 0 saturated carbocycles. The van der Waals surface area contributed by atoms with E-state index < -0.39 is 60.0 Å². The van der Waals surface area contributed by atoms with Gasteiger partial charge in [0.25, 0.3) is 0 Å². The van der Waals surface area contributed by atoms with E-state index in [1.807, 2.05) is 12.1 Å². The Balaban J connectivity index is 1.95. The highest BCUT2D eigenvalue weighted by Crippen LogP contribution is 2.09. The Morgan fingerprint density at radius 1 is 0.583 bits per heavy atom. The number of carbonyl (C=O) groups excluding carboxylic acids is 4. The topological polar surface area (TPSA) is 157 Å². The first-order valence-electron chi connectivity index (χ1n) is 11.8. The number of nitrogens with one attached hydrogen (secondary N) is 4. The largest absolute Gasteiger partial charge is 0.391 e. The van der Waals surface area contributed by atoms with Crippen LogP contribution in [0.1, 0.15) is 25.0 Å². The maximum Gasteiger partial charge on any atom is 0.245 e. The number of rotatable bonds is 6. The van der Waals surface area contributed by atoms with Crippen molar-refractivity contribution in [2.45, 2.75) is 63.1 Å². The van der Waals surface area contributed by atoms with Gasteiger partial charge in [0.2, 0.25) is 23.6 Å². The minimum Gasteiger partial charge on any atom is -0.391 e. The Labute approximate surface area is 209 Å². The van der Waals surface area contributed by atoms with Crippen LogP contribution in [0.3, 0.4) is 0 Å². The summed E-state index contributed by atoms with van der Waals surface area (Å²) in [4.78, 5) is 52.6. The molecule has 2 aromatic rings. The van der Waals surface area contributed by atoms with E-state index in [1.165, 1.54) is 13.8 Å². The molecule has 0 bridgehead atoms. The van der Waals surface area contributed by atoms with Crippen LogP contribution in [-0.4, -0.2) is 70.2 Å². The second-order valence-corrected chi connectivity index (χ2v) is 8.96. The van der Waals surface area contributed by atoms with E-state index in [-0.39, 0.29) is 12.8 Å². The molecule has 1 saturated heterocycles. The predicted molar refractivity (Wildman–Crippen MR) is 131 cm³/mol. The average molecular weight is 497 g/mol. The lowest BCUT2D eigenvalue weighted by atomic mass is 10.0. The highest BCUT2D eigenvalue weighted by molar-refractivity contribution is 5.98. The van der Waals surface area contributed by atoms with E-state index in [1.54, 1.807) is 48.5 Å². The number of aliphatic hydroxyl groups excluding tert-OH is 2. The van der Waals surface area contributed by atoms with Crippen molar-refractivity contribution in [3.8, 4) is 0 Å². The summed E-state index contributed by atoms with van der Waals surface area (Å²) in [7, 11) is 0. The first-order chi connectivity index (χ1) is 17.2. The number of aliphatic hydroxyl groups is 2. The van der Waals surface area contributed by atoms with E-state index >= 15 is 0 Å². The molecule has 1 aliphatic rings. The minimum atomic E-state index is -1.37. The molecule has 6 N–H and O–H groups in total. The summed E-state index contributed by atoms with van der Waals surface area (Å²) >= 11 is 0. The zero-order chi connectivity index (χ0) is 26.2. The second kappa shape index (κ2) is 12.3. The summed E-state index contributed by atoms with van der Waals surface area (Å²) < 4.78 is 0. The molecule has 10 nitrogen and oxygen atoms in total. The molecule has 1 heterocycles. The van der Waals surface area contributed by atoms with Crippen LogP contribution in [0.15, 0.2) is 60.7 Å². The molecule has 0 radical (unpaired) electrons. The molecule has 10 heteroatoms. The summed E-state index contributed by atoms with van der Waals surface area (Å²) in [6, 6.07) is 12.8. The minimum absolute atomic E-state index is 0.0870.